The predicted octanol–water partition coefficient (Wildman–Crippen LogP) is 2.27. The lowest BCUT2D eigenvalue weighted by Crippen LogP contribution is -2.45. The third kappa shape index (κ3) is 5.42. The Morgan fingerprint density at radius 3 is 2.59 bits per heavy atom. The summed E-state index contributed by atoms with van der Waals surface area (Å²) in [6.07, 6.45) is 4.28. The van der Waals surface area contributed by atoms with E-state index in [0.717, 1.165) is 38.0 Å². The normalized spacial score (nSPS) is 18.0. The van der Waals surface area contributed by atoms with Gasteiger partial charge >= 0.3 is 0 Å². The molecule has 1 aliphatic rings. The van der Waals surface area contributed by atoms with Crippen LogP contribution in [-0.4, -0.2) is 41.8 Å². The molecule has 0 spiro atoms. The molecule has 0 amide bonds. The molecule has 1 unspecified atom stereocenters. The molecule has 22 heavy (non-hydrogen) atoms. The molecule has 120 valence electrons. The Kier molecular flexibility index (Phi) is 6.85. The molecule has 1 saturated heterocycles. The summed E-state index contributed by atoms with van der Waals surface area (Å²) < 4.78 is 0. The number of nitriles is 1. The highest BCUT2D eigenvalue weighted by atomic mass is 16.2. The van der Waals surface area contributed by atoms with Crippen LogP contribution in [0.25, 0.3) is 0 Å². The van der Waals surface area contributed by atoms with E-state index in [-0.39, 0.29) is 6.61 Å². The van der Waals surface area contributed by atoms with Gasteiger partial charge in [0.2, 0.25) is 0 Å². The maximum absolute atomic E-state index is 8.88. The lowest BCUT2D eigenvalue weighted by molar-refractivity contribution is 0.182. The average Bonchev–Trinajstić information content (AvgIpc) is 2.55. The van der Waals surface area contributed by atoms with E-state index in [1.807, 2.05) is 12.1 Å². The van der Waals surface area contributed by atoms with Crippen LogP contribution >= 0.6 is 0 Å². The van der Waals surface area contributed by atoms with Crippen molar-refractivity contribution in [2.45, 2.75) is 51.2 Å². The van der Waals surface area contributed by atoms with Crippen LogP contribution in [0.5, 0.6) is 0 Å². The summed E-state index contributed by atoms with van der Waals surface area (Å²) in [6, 6.07) is 11.2. The van der Waals surface area contributed by atoms with Gasteiger partial charge in [-0.1, -0.05) is 12.1 Å². The topological polar surface area (TPSA) is 59.3 Å². The van der Waals surface area contributed by atoms with Crippen LogP contribution in [0.2, 0.25) is 0 Å². The molecular formula is C18H27N3O. The van der Waals surface area contributed by atoms with Crippen molar-refractivity contribution in [1.29, 1.82) is 5.26 Å². The number of nitrogens with zero attached hydrogens (tertiary/aromatic N) is 2. The second kappa shape index (κ2) is 8.89. The van der Waals surface area contributed by atoms with Gasteiger partial charge < -0.3 is 10.4 Å². The molecule has 0 bridgehead atoms. The van der Waals surface area contributed by atoms with Crippen LogP contribution in [0.3, 0.4) is 0 Å². The predicted molar refractivity (Wildman–Crippen MR) is 88.4 cm³/mol. The fraction of sp³-hybridized carbons (Fsp3) is 0.611. The number of rotatable bonds is 7. The van der Waals surface area contributed by atoms with E-state index in [0.29, 0.717) is 12.1 Å². The molecule has 1 aromatic rings. The van der Waals surface area contributed by atoms with Gasteiger partial charge in [0.1, 0.15) is 0 Å². The van der Waals surface area contributed by atoms with Crippen LogP contribution < -0.4 is 5.32 Å². The van der Waals surface area contributed by atoms with Crippen molar-refractivity contribution < 1.29 is 5.11 Å². The zero-order valence-corrected chi connectivity index (χ0v) is 13.5. The first kappa shape index (κ1) is 17.0. The maximum atomic E-state index is 8.88. The van der Waals surface area contributed by atoms with Crippen LogP contribution in [0.1, 0.15) is 43.7 Å². The van der Waals surface area contributed by atoms with E-state index in [4.69, 9.17) is 10.4 Å². The number of hydrogen-bond acceptors (Lipinski definition) is 4. The molecule has 1 heterocycles. The van der Waals surface area contributed by atoms with Crippen LogP contribution in [-0.2, 0) is 6.54 Å². The Balaban J connectivity index is 1.71. The number of aliphatic hydroxyl groups is 1. The highest BCUT2D eigenvalue weighted by Gasteiger charge is 2.20. The lowest BCUT2D eigenvalue weighted by Gasteiger charge is -2.34. The van der Waals surface area contributed by atoms with Gasteiger partial charge in [-0.05, 0) is 63.4 Å². The highest BCUT2D eigenvalue weighted by Crippen LogP contribution is 2.15. The smallest absolute Gasteiger partial charge is 0.0991 e. The van der Waals surface area contributed by atoms with E-state index in [9.17, 15) is 0 Å². The van der Waals surface area contributed by atoms with Crippen LogP contribution in [0.15, 0.2) is 24.3 Å². The number of benzene rings is 1. The molecule has 1 atom stereocenters. The highest BCUT2D eigenvalue weighted by molar-refractivity contribution is 5.31. The van der Waals surface area contributed by atoms with Gasteiger partial charge in [-0.25, -0.2) is 0 Å². The SMILES string of the molecule is CC(CCCO)NC1CCN(Cc2ccc(C#N)cc2)CC1. The second-order valence-corrected chi connectivity index (χ2v) is 6.29. The molecule has 1 fully saturated rings. The van der Waals surface area contributed by atoms with Gasteiger partial charge in [-0.15, -0.1) is 0 Å². The third-order valence-electron chi connectivity index (χ3n) is 4.39. The van der Waals surface area contributed by atoms with Crippen LogP contribution in [0.4, 0.5) is 0 Å². The average molecular weight is 301 g/mol. The van der Waals surface area contributed by atoms with Gasteiger partial charge in [0, 0.05) is 25.2 Å². The van der Waals surface area contributed by atoms with Crippen molar-refractivity contribution in [2.24, 2.45) is 0 Å². The second-order valence-electron chi connectivity index (χ2n) is 6.29. The van der Waals surface area contributed by atoms with E-state index in [1.54, 1.807) is 0 Å². The Labute approximate surface area is 133 Å². The molecule has 4 heteroatoms. The largest absolute Gasteiger partial charge is 0.396 e. The van der Waals surface area contributed by atoms with E-state index >= 15 is 0 Å². The minimum Gasteiger partial charge on any atom is -0.396 e. The standard InChI is InChI=1S/C18H27N3O/c1-15(3-2-12-22)20-18-8-10-21(11-9-18)14-17-6-4-16(13-19)5-7-17/h4-7,15,18,20,22H,2-3,8-12,14H2,1H3. The zero-order valence-electron chi connectivity index (χ0n) is 13.5. The van der Waals surface area contributed by atoms with Crippen molar-refractivity contribution >= 4 is 0 Å². The first-order valence-corrected chi connectivity index (χ1v) is 8.29. The van der Waals surface area contributed by atoms with E-state index < -0.39 is 0 Å². The summed E-state index contributed by atoms with van der Waals surface area (Å²) in [5.74, 6) is 0. The molecule has 2 rings (SSSR count). The summed E-state index contributed by atoms with van der Waals surface area (Å²) in [7, 11) is 0. The van der Waals surface area contributed by atoms with Gasteiger partial charge in [0.15, 0.2) is 0 Å². The van der Waals surface area contributed by atoms with E-state index in [1.165, 1.54) is 18.4 Å². The first-order valence-electron chi connectivity index (χ1n) is 8.29. The fourth-order valence-electron chi connectivity index (χ4n) is 3.08. The number of likely N-dealkylation sites (tertiary alicyclic amines) is 1. The molecule has 0 aromatic heterocycles. The Morgan fingerprint density at radius 1 is 1.32 bits per heavy atom. The minimum atomic E-state index is 0.287. The zero-order chi connectivity index (χ0) is 15.8. The van der Waals surface area contributed by atoms with Gasteiger partial charge in [0.25, 0.3) is 0 Å². The Bertz CT molecular complexity index is 472. The van der Waals surface area contributed by atoms with Crippen molar-refractivity contribution in [3.63, 3.8) is 0 Å². The summed E-state index contributed by atoms with van der Waals surface area (Å²) in [5, 5.41) is 21.4. The molecule has 0 radical (unpaired) electrons. The number of piperidine rings is 1. The van der Waals surface area contributed by atoms with Crippen molar-refractivity contribution in [3.05, 3.63) is 35.4 Å². The number of nitrogens with one attached hydrogen (secondary N) is 1. The molecular weight excluding hydrogens is 274 g/mol. The molecule has 1 aliphatic heterocycles. The summed E-state index contributed by atoms with van der Waals surface area (Å²) in [5.41, 5.74) is 2.00. The quantitative estimate of drug-likeness (QED) is 0.811. The van der Waals surface area contributed by atoms with Gasteiger partial charge in [0.05, 0.1) is 11.6 Å². The maximum Gasteiger partial charge on any atom is 0.0991 e. The number of hydrogen-bond donors (Lipinski definition) is 2. The van der Waals surface area contributed by atoms with Crippen LogP contribution in [0, 0.1) is 11.3 Å². The number of aliphatic hydroxyl groups excluding tert-OH is 1. The third-order valence-corrected chi connectivity index (χ3v) is 4.39. The summed E-state index contributed by atoms with van der Waals surface area (Å²) >= 11 is 0. The fourth-order valence-corrected chi connectivity index (χ4v) is 3.08. The van der Waals surface area contributed by atoms with Gasteiger partial charge in [-0.2, -0.15) is 5.26 Å². The van der Waals surface area contributed by atoms with Crippen molar-refractivity contribution in [1.82, 2.24) is 10.2 Å². The first-order chi connectivity index (χ1) is 10.7. The van der Waals surface area contributed by atoms with Crippen molar-refractivity contribution in [2.75, 3.05) is 19.7 Å². The Morgan fingerprint density at radius 2 is 2.00 bits per heavy atom. The Hall–Kier alpha value is -1.41. The van der Waals surface area contributed by atoms with Gasteiger partial charge in [-0.3, -0.25) is 4.90 Å². The van der Waals surface area contributed by atoms with Crippen molar-refractivity contribution in [3.8, 4) is 6.07 Å². The molecule has 0 saturated carbocycles. The monoisotopic (exact) mass is 301 g/mol. The molecule has 2 N–H and O–H groups in total. The summed E-state index contributed by atoms with van der Waals surface area (Å²) in [4.78, 5) is 2.48. The molecule has 4 nitrogen and oxygen atoms in total. The molecule has 0 aliphatic carbocycles. The molecule has 1 aromatic carbocycles. The minimum absolute atomic E-state index is 0.287. The summed E-state index contributed by atoms with van der Waals surface area (Å²) in [6.45, 7) is 5.70. The lowest BCUT2D eigenvalue weighted by atomic mass is 10.0. The van der Waals surface area contributed by atoms with E-state index in [2.05, 4.69) is 35.3 Å².